The van der Waals surface area contributed by atoms with Gasteiger partial charge in [-0.05, 0) is 43.2 Å². The van der Waals surface area contributed by atoms with E-state index in [4.69, 9.17) is 5.73 Å². The molecular weight excluding hydrogens is 230 g/mol. The molecule has 2 aromatic rings. The summed E-state index contributed by atoms with van der Waals surface area (Å²) in [6, 6.07) is 8.26. The molecule has 0 aliphatic carbocycles. The van der Waals surface area contributed by atoms with Gasteiger partial charge >= 0.3 is 0 Å². The van der Waals surface area contributed by atoms with Gasteiger partial charge in [-0.25, -0.2) is 0 Å². The van der Waals surface area contributed by atoms with Crippen LogP contribution in [0.4, 0.5) is 5.69 Å². The molecule has 0 aliphatic rings. The zero-order valence-electron chi connectivity index (χ0n) is 10.2. The molecule has 1 aromatic heterocycles. The van der Waals surface area contributed by atoms with Crippen molar-refractivity contribution in [1.29, 1.82) is 0 Å². The molecular formula is C13H17N3S. The zero-order chi connectivity index (χ0) is 12.3. The first-order valence-corrected chi connectivity index (χ1v) is 6.61. The van der Waals surface area contributed by atoms with Crippen LogP contribution < -0.4 is 5.73 Å². The number of nitrogens with two attached hydrogens (primary N) is 1. The average molecular weight is 247 g/mol. The van der Waals surface area contributed by atoms with Crippen molar-refractivity contribution >= 4 is 17.4 Å². The van der Waals surface area contributed by atoms with E-state index in [-0.39, 0.29) is 0 Å². The van der Waals surface area contributed by atoms with Crippen molar-refractivity contribution < 1.29 is 0 Å². The first kappa shape index (κ1) is 12.0. The van der Waals surface area contributed by atoms with Gasteiger partial charge in [-0.1, -0.05) is 0 Å². The van der Waals surface area contributed by atoms with E-state index >= 15 is 0 Å². The maximum absolute atomic E-state index is 5.79. The highest BCUT2D eigenvalue weighted by molar-refractivity contribution is 7.99. The van der Waals surface area contributed by atoms with Gasteiger partial charge in [0.15, 0.2) is 0 Å². The lowest BCUT2D eigenvalue weighted by Gasteiger charge is -2.05. The lowest BCUT2D eigenvalue weighted by molar-refractivity contribution is 0.720. The van der Waals surface area contributed by atoms with E-state index in [1.165, 1.54) is 10.6 Å². The molecule has 17 heavy (non-hydrogen) atoms. The van der Waals surface area contributed by atoms with Gasteiger partial charge in [0.2, 0.25) is 0 Å². The molecule has 0 fully saturated rings. The van der Waals surface area contributed by atoms with Crippen LogP contribution in [0, 0.1) is 6.92 Å². The van der Waals surface area contributed by atoms with E-state index in [1.54, 1.807) is 0 Å². The number of benzene rings is 1. The highest BCUT2D eigenvalue weighted by atomic mass is 32.2. The maximum Gasteiger partial charge on any atom is 0.0492 e. The quantitative estimate of drug-likeness (QED) is 0.667. The van der Waals surface area contributed by atoms with Crippen molar-refractivity contribution in [2.45, 2.75) is 18.2 Å². The van der Waals surface area contributed by atoms with Gasteiger partial charge in [0.05, 0.1) is 0 Å². The van der Waals surface area contributed by atoms with Crippen LogP contribution in [0.1, 0.15) is 11.3 Å². The minimum atomic E-state index is 0.862. The number of hydrogen-bond acceptors (Lipinski definition) is 3. The van der Waals surface area contributed by atoms with Gasteiger partial charge in [0.1, 0.15) is 0 Å². The minimum absolute atomic E-state index is 0.862. The maximum atomic E-state index is 5.79. The fourth-order valence-corrected chi connectivity index (χ4v) is 2.63. The van der Waals surface area contributed by atoms with Crippen LogP contribution >= 0.6 is 11.8 Å². The third-order valence-electron chi connectivity index (χ3n) is 2.79. The number of aryl methyl sites for hydroxylation is 3. The molecule has 1 aromatic carbocycles. The monoisotopic (exact) mass is 247 g/mol. The van der Waals surface area contributed by atoms with Crippen molar-refractivity contribution in [3.63, 3.8) is 0 Å². The van der Waals surface area contributed by atoms with Crippen molar-refractivity contribution in [2.75, 3.05) is 11.5 Å². The van der Waals surface area contributed by atoms with Crippen molar-refractivity contribution in [3.8, 4) is 0 Å². The summed E-state index contributed by atoms with van der Waals surface area (Å²) in [5.74, 6) is 1.06. The fourth-order valence-electron chi connectivity index (χ4n) is 1.66. The van der Waals surface area contributed by atoms with Gasteiger partial charge in [-0.15, -0.1) is 11.8 Å². The number of hydrogen-bond donors (Lipinski definition) is 1. The third-order valence-corrected chi connectivity index (χ3v) is 3.79. The first-order valence-electron chi connectivity index (χ1n) is 5.62. The second-order valence-electron chi connectivity index (χ2n) is 4.06. The molecule has 0 atom stereocenters. The van der Waals surface area contributed by atoms with E-state index in [1.807, 2.05) is 42.7 Å². The number of aromatic nitrogens is 2. The van der Waals surface area contributed by atoms with Gasteiger partial charge in [-0.2, -0.15) is 5.10 Å². The highest BCUT2D eigenvalue weighted by Gasteiger charge is 2.01. The summed E-state index contributed by atoms with van der Waals surface area (Å²) in [5.41, 5.74) is 9.07. The van der Waals surface area contributed by atoms with Crippen LogP contribution in [-0.2, 0) is 13.5 Å². The molecule has 0 saturated heterocycles. The second kappa shape index (κ2) is 5.27. The molecule has 0 aliphatic heterocycles. The Morgan fingerprint density at radius 1 is 1.35 bits per heavy atom. The molecule has 0 spiro atoms. The molecule has 4 heteroatoms. The molecule has 2 N–H and O–H groups in total. The van der Waals surface area contributed by atoms with Crippen LogP contribution in [0.5, 0.6) is 0 Å². The molecule has 0 unspecified atom stereocenters. The number of anilines is 1. The van der Waals surface area contributed by atoms with Crippen molar-refractivity contribution in [3.05, 3.63) is 41.7 Å². The SMILES string of the molecule is Cc1cc(SCCc2ccnn2C)ccc1N. The Balaban J connectivity index is 1.90. The van der Waals surface area contributed by atoms with Crippen LogP contribution in [0.2, 0.25) is 0 Å². The third kappa shape index (κ3) is 3.03. The zero-order valence-corrected chi connectivity index (χ0v) is 11.0. The van der Waals surface area contributed by atoms with Gasteiger partial charge in [-0.3, -0.25) is 4.68 Å². The summed E-state index contributed by atoms with van der Waals surface area (Å²) >= 11 is 1.85. The van der Waals surface area contributed by atoms with E-state index < -0.39 is 0 Å². The van der Waals surface area contributed by atoms with Gasteiger partial charge in [0, 0.05) is 35.3 Å². The lowest BCUT2D eigenvalue weighted by atomic mass is 10.2. The Labute approximate surface area is 106 Å². The predicted molar refractivity (Wildman–Crippen MR) is 73.2 cm³/mol. The van der Waals surface area contributed by atoms with Gasteiger partial charge < -0.3 is 5.73 Å². The van der Waals surface area contributed by atoms with E-state index in [0.29, 0.717) is 0 Å². The van der Waals surface area contributed by atoms with E-state index in [0.717, 1.165) is 23.4 Å². The molecule has 1 heterocycles. The fraction of sp³-hybridized carbons (Fsp3) is 0.308. The average Bonchev–Trinajstić information content (AvgIpc) is 2.70. The Morgan fingerprint density at radius 3 is 2.82 bits per heavy atom. The van der Waals surface area contributed by atoms with Crippen LogP contribution in [-0.4, -0.2) is 15.5 Å². The van der Waals surface area contributed by atoms with E-state index in [9.17, 15) is 0 Å². The lowest BCUT2D eigenvalue weighted by Crippen LogP contribution is -1.99. The number of nitrogen functional groups attached to an aromatic ring is 1. The Hall–Kier alpha value is -1.42. The number of nitrogens with zero attached hydrogens (tertiary/aromatic N) is 2. The largest absolute Gasteiger partial charge is 0.399 e. The standard InChI is InChI=1S/C13H17N3S/c1-10-9-12(3-4-13(10)14)17-8-6-11-5-7-15-16(11)2/h3-5,7,9H,6,8,14H2,1-2H3. The Kier molecular flexibility index (Phi) is 3.74. The van der Waals surface area contributed by atoms with Crippen LogP contribution in [0.3, 0.4) is 0 Å². The highest BCUT2D eigenvalue weighted by Crippen LogP contribution is 2.23. The molecule has 2 rings (SSSR count). The molecule has 3 nitrogen and oxygen atoms in total. The molecule has 90 valence electrons. The van der Waals surface area contributed by atoms with Gasteiger partial charge in [0.25, 0.3) is 0 Å². The molecule has 0 amide bonds. The Bertz CT molecular complexity index is 505. The molecule has 0 radical (unpaired) electrons. The molecule has 0 bridgehead atoms. The van der Waals surface area contributed by atoms with E-state index in [2.05, 4.69) is 23.3 Å². The summed E-state index contributed by atoms with van der Waals surface area (Å²) in [5, 5.41) is 4.16. The summed E-state index contributed by atoms with van der Waals surface area (Å²) in [6.45, 7) is 2.04. The molecule has 0 saturated carbocycles. The summed E-state index contributed by atoms with van der Waals surface area (Å²) in [7, 11) is 1.98. The minimum Gasteiger partial charge on any atom is -0.399 e. The van der Waals surface area contributed by atoms with Crippen molar-refractivity contribution in [1.82, 2.24) is 9.78 Å². The number of thioether (sulfide) groups is 1. The van der Waals surface area contributed by atoms with Crippen molar-refractivity contribution in [2.24, 2.45) is 7.05 Å². The topological polar surface area (TPSA) is 43.8 Å². The summed E-state index contributed by atoms with van der Waals surface area (Å²) < 4.78 is 1.93. The van der Waals surface area contributed by atoms with Crippen LogP contribution in [0.15, 0.2) is 35.4 Å². The summed E-state index contributed by atoms with van der Waals surface area (Å²) in [6.07, 6.45) is 2.87. The number of rotatable bonds is 4. The normalized spacial score (nSPS) is 10.7. The smallest absolute Gasteiger partial charge is 0.0492 e. The summed E-state index contributed by atoms with van der Waals surface area (Å²) in [4.78, 5) is 1.28. The Morgan fingerprint density at radius 2 is 2.18 bits per heavy atom. The predicted octanol–water partition coefficient (Wildman–Crippen LogP) is 2.65. The first-order chi connectivity index (χ1) is 8.16. The van der Waals surface area contributed by atoms with Crippen LogP contribution in [0.25, 0.3) is 0 Å². The second-order valence-corrected chi connectivity index (χ2v) is 5.23.